The molecule has 0 aliphatic carbocycles. The number of carboxylic acids is 1. The number of hydrogen-bond acceptors (Lipinski definition) is 5. The van der Waals surface area contributed by atoms with Crippen molar-refractivity contribution in [3.05, 3.63) is 26.6 Å². The van der Waals surface area contributed by atoms with Gasteiger partial charge >= 0.3 is 5.97 Å². The first-order chi connectivity index (χ1) is 10.9. The molecule has 0 spiro atoms. The third-order valence-corrected chi connectivity index (χ3v) is 4.67. The van der Waals surface area contributed by atoms with Crippen LogP contribution in [0, 0.1) is 13.8 Å². The first-order valence-electron chi connectivity index (χ1n) is 7.36. The molecular weight excluding hydrogens is 318 g/mol. The zero-order chi connectivity index (χ0) is 17.0. The number of nitrogens with zero attached hydrogens (tertiary/aromatic N) is 1. The summed E-state index contributed by atoms with van der Waals surface area (Å²) in [5, 5.41) is 11.8. The predicted molar refractivity (Wildman–Crippen MR) is 87.9 cm³/mol. The van der Waals surface area contributed by atoms with E-state index >= 15 is 0 Å². The van der Waals surface area contributed by atoms with Crippen LogP contribution in [0.5, 0.6) is 0 Å². The number of carbonyl (C=O) groups is 2. The Morgan fingerprint density at radius 1 is 1.30 bits per heavy atom. The second-order valence-corrected chi connectivity index (χ2v) is 6.53. The number of fused-ring (bicyclic) bond motifs is 1. The van der Waals surface area contributed by atoms with Gasteiger partial charge in [-0.2, -0.15) is 0 Å². The molecule has 0 aromatic carbocycles. The van der Waals surface area contributed by atoms with Crippen LogP contribution in [0.15, 0.2) is 4.79 Å². The van der Waals surface area contributed by atoms with Gasteiger partial charge in [-0.3, -0.25) is 14.4 Å². The highest BCUT2D eigenvalue weighted by Crippen LogP contribution is 2.25. The average molecular weight is 337 g/mol. The number of aryl methyl sites for hydroxylation is 3. The van der Waals surface area contributed by atoms with Crippen LogP contribution in [0.2, 0.25) is 0 Å². The van der Waals surface area contributed by atoms with E-state index < -0.39 is 5.97 Å². The maximum Gasteiger partial charge on any atom is 0.303 e. The minimum atomic E-state index is -0.879. The van der Waals surface area contributed by atoms with Crippen molar-refractivity contribution in [2.45, 2.75) is 39.5 Å². The van der Waals surface area contributed by atoms with E-state index in [1.807, 2.05) is 13.8 Å². The van der Waals surface area contributed by atoms with E-state index in [2.05, 4.69) is 15.3 Å². The minimum Gasteiger partial charge on any atom is -0.481 e. The Bertz CT molecular complexity index is 794. The summed E-state index contributed by atoms with van der Waals surface area (Å²) < 4.78 is 0. The molecule has 0 radical (unpaired) electrons. The zero-order valence-electron chi connectivity index (χ0n) is 13.1. The van der Waals surface area contributed by atoms with Gasteiger partial charge in [-0.25, -0.2) is 4.98 Å². The Balaban J connectivity index is 1.93. The SMILES string of the molecule is Cc1sc2nc(CCC(=O)NCCCC(=O)O)[nH]c(=O)c2c1C. The summed E-state index contributed by atoms with van der Waals surface area (Å²) in [6.45, 7) is 4.18. The van der Waals surface area contributed by atoms with Crippen molar-refractivity contribution < 1.29 is 14.7 Å². The molecule has 3 N–H and O–H groups in total. The van der Waals surface area contributed by atoms with Crippen molar-refractivity contribution in [3.8, 4) is 0 Å². The van der Waals surface area contributed by atoms with E-state index in [-0.39, 0.29) is 24.3 Å². The van der Waals surface area contributed by atoms with Crippen molar-refractivity contribution in [2.75, 3.05) is 6.54 Å². The third kappa shape index (κ3) is 4.38. The van der Waals surface area contributed by atoms with Crippen LogP contribution in [-0.4, -0.2) is 33.5 Å². The maximum absolute atomic E-state index is 12.1. The molecule has 0 saturated heterocycles. The number of nitrogens with one attached hydrogen (secondary N) is 2. The van der Waals surface area contributed by atoms with Crippen molar-refractivity contribution >= 4 is 33.4 Å². The van der Waals surface area contributed by atoms with Gasteiger partial charge in [0.05, 0.1) is 5.39 Å². The molecule has 2 aromatic rings. The molecule has 124 valence electrons. The fraction of sp³-hybridized carbons (Fsp3) is 0.467. The molecule has 2 heterocycles. The smallest absolute Gasteiger partial charge is 0.303 e. The van der Waals surface area contributed by atoms with E-state index in [9.17, 15) is 14.4 Å². The molecule has 8 heteroatoms. The zero-order valence-corrected chi connectivity index (χ0v) is 13.9. The lowest BCUT2D eigenvalue weighted by Gasteiger charge is -2.04. The van der Waals surface area contributed by atoms with Crippen molar-refractivity contribution in [2.24, 2.45) is 0 Å². The third-order valence-electron chi connectivity index (χ3n) is 3.57. The Kier molecular flexibility index (Phi) is 5.49. The molecule has 1 amide bonds. The second-order valence-electron chi connectivity index (χ2n) is 5.32. The van der Waals surface area contributed by atoms with Gasteiger partial charge in [-0.05, 0) is 25.8 Å². The summed E-state index contributed by atoms with van der Waals surface area (Å²) in [6, 6.07) is 0. The van der Waals surface area contributed by atoms with Crippen molar-refractivity contribution in [1.29, 1.82) is 0 Å². The van der Waals surface area contributed by atoms with Crippen LogP contribution in [0.1, 0.15) is 35.5 Å². The topological polar surface area (TPSA) is 112 Å². The monoisotopic (exact) mass is 337 g/mol. The highest BCUT2D eigenvalue weighted by atomic mass is 32.1. The molecule has 2 rings (SSSR count). The van der Waals surface area contributed by atoms with Gasteiger partial charge in [0.2, 0.25) is 5.91 Å². The Hall–Kier alpha value is -2.22. The van der Waals surface area contributed by atoms with E-state index in [1.165, 1.54) is 11.3 Å². The number of amides is 1. The van der Waals surface area contributed by atoms with E-state index in [0.29, 0.717) is 35.4 Å². The number of aromatic amines is 1. The molecule has 0 aliphatic rings. The molecule has 0 bridgehead atoms. The number of hydrogen-bond donors (Lipinski definition) is 3. The van der Waals surface area contributed by atoms with Gasteiger partial charge in [0.1, 0.15) is 10.7 Å². The highest BCUT2D eigenvalue weighted by molar-refractivity contribution is 7.18. The second kappa shape index (κ2) is 7.36. The van der Waals surface area contributed by atoms with Crippen LogP contribution in [-0.2, 0) is 16.0 Å². The Morgan fingerprint density at radius 3 is 2.74 bits per heavy atom. The highest BCUT2D eigenvalue weighted by Gasteiger charge is 2.12. The van der Waals surface area contributed by atoms with E-state index in [0.717, 1.165) is 10.4 Å². The van der Waals surface area contributed by atoms with Crippen LogP contribution in [0.4, 0.5) is 0 Å². The first kappa shape index (κ1) is 17.1. The van der Waals surface area contributed by atoms with E-state index in [4.69, 9.17) is 5.11 Å². The molecule has 23 heavy (non-hydrogen) atoms. The summed E-state index contributed by atoms with van der Waals surface area (Å²) in [4.78, 5) is 43.1. The Morgan fingerprint density at radius 2 is 2.04 bits per heavy atom. The molecule has 0 atom stereocenters. The molecule has 0 saturated carbocycles. The summed E-state index contributed by atoms with van der Waals surface area (Å²) in [7, 11) is 0. The van der Waals surface area contributed by atoms with Gasteiger partial charge in [-0.15, -0.1) is 11.3 Å². The standard InChI is InChI=1S/C15H19N3O4S/c1-8-9(2)23-15-13(8)14(22)17-10(18-15)5-6-11(19)16-7-3-4-12(20)21/h3-7H2,1-2H3,(H,16,19)(H,20,21)(H,17,18,22). The maximum atomic E-state index is 12.1. The number of H-pyrrole nitrogens is 1. The molecule has 2 aromatic heterocycles. The summed E-state index contributed by atoms with van der Waals surface area (Å²) in [5.41, 5.74) is 0.773. The van der Waals surface area contributed by atoms with Gasteiger partial charge in [0.25, 0.3) is 5.56 Å². The first-order valence-corrected chi connectivity index (χ1v) is 8.17. The molecule has 0 aliphatic heterocycles. The predicted octanol–water partition coefficient (Wildman–Crippen LogP) is 1.52. The molecular formula is C15H19N3O4S. The molecule has 7 nitrogen and oxygen atoms in total. The normalized spacial score (nSPS) is 10.9. The van der Waals surface area contributed by atoms with E-state index in [1.54, 1.807) is 0 Å². The van der Waals surface area contributed by atoms with Gasteiger partial charge < -0.3 is 15.4 Å². The summed E-state index contributed by atoms with van der Waals surface area (Å²) in [5.74, 6) is -0.572. The number of rotatable bonds is 7. The number of aromatic nitrogens is 2. The van der Waals surface area contributed by atoms with Gasteiger partial charge in [-0.1, -0.05) is 0 Å². The number of carboxylic acid groups (broad SMARTS) is 1. The number of thiophene rings is 1. The largest absolute Gasteiger partial charge is 0.481 e. The van der Waals surface area contributed by atoms with Crippen LogP contribution in [0.25, 0.3) is 10.2 Å². The van der Waals surface area contributed by atoms with Crippen LogP contribution >= 0.6 is 11.3 Å². The Labute approximate surface area is 136 Å². The van der Waals surface area contributed by atoms with Gasteiger partial charge in [0.15, 0.2) is 0 Å². The minimum absolute atomic E-state index is 0.0307. The fourth-order valence-electron chi connectivity index (χ4n) is 2.21. The fourth-order valence-corrected chi connectivity index (χ4v) is 3.25. The molecule has 0 fully saturated rings. The lowest BCUT2D eigenvalue weighted by atomic mass is 10.2. The lowest BCUT2D eigenvalue weighted by Crippen LogP contribution is -2.25. The van der Waals surface area contributed by atoms with Gasteiger partial charge in [0, 0.05) is 30.7 Å². The molecule has 0 unspecified atom stereocenters. The van der Waals surface area contributed by atoms with Crippen molar-refractivity contribution in [1.82, 2.24) is 15.3 Å². The average Bonchev–Trinajstić information content (AvgIpc) is 2.76. The number of aliphatic carboxylic acids is 1. The van der Waals surface area contributed by atoms with Crippen LogP contribution < -0.4 is 10.9 Å². The lowest BCUT2D eigenvalue weighted by molar-refractivity contribution is -0.137. The summed E-state index contributed by atoms with van der Waals surface area (Å²) >= 11 is 1.47. The summed E-state index contributed by atoms with van der Waals surface area (Å²) in [6.07, 6.45) is 0.968. The quantitative estimate of drug-likeness (QED) is 0.663. The van der Waals surface area contributed by atoms with Crippen LogP contribution in [0.3, 0.4) is 0 Å². The number of carbonyl (C=O) groups excluding carboxylic acids is 1. The van der Waals surface area contributed by atoms with Crippen molar-refractivity contribution in [3.63, 3.8) is 0 Å².